The first-order valence-electron chi connectivity index (χ1n) is 0. The summed E-state index contributed by atoms with van der Waals surface area (Å²) in [5.74, 6) is 0. The van der Waals surface area contributed by atoms with Crippen LogP contribution in [0.1, 0.15) is 0 Å². The van der Waals surface area contributed by atoms with Gasteiger partial charge >= 0.3 is 0 Å². The van der Waals surface area contributed by atoms with Crippen LogP contribution in [0, 0.1) is 0 Å². The van der Waals surface area contributed by atoms with Crippen molar-refractivity contribution < 1.29 is 106 Å². The van der Waals surface area contributed by atoms with E-state index in [1.807, 2.05) is 0 Å². The Balaban J connectivity index is 0. The molecule has 59 valence electrons. The Kier molecular flexibility index (Phi) is 971. The first kappa shape index (κ1) is 102. The van der Waals surface area contributed by atoms with Crippen LogP contribution in [0.5, 0.6) is 0 Å². The molecule has 0 saturated carbocycles. The first-order valence-corrected chi connectivity index (χ1v) is 0. The molecule has 0 amide bonds. The normalized spacial score (nSPS) is 0. The van der Waals surface area contributed by atoms with Crippen LogP contribution in [0.3, 0.4) is 0 Å². The summed E-state index contributed by atoms with van der Waals surface area (Å²) in [6.07, 6.45) is 0. The average Bonchev–Trinajstić information content (AvgIpc) is 0. The third-order valence-corrected chi connectivity index (χ3v) is 0. The van der Waals surface area contributed by atoms with Crippen LogP contribution in [0.2, 0.25) is 0 Å². The molecule has 0 aromatic carbocycles. The van der Waals surface area contributed by atoms with Gasteiger partial charge in [-0.25, -0.2) is 0 Å². The van der Waals surface area contributed by atoms with Crippen molar-refractivity contribution >= 4 is 19.4 Å². The van der Waals surface area contributed by atoms with Gasteiger partial charge in [-0.3, -0.25) is 0 Å². The van der Waals surface area contributed by atoms with Gasteiger partial charge in [0.2, 0.25) is 0 Å². The van der Waals surface area contributed by atoms with Crippen LogP contribution in [0.4, 0.5) is 0 Å². The van der Waals surface area contributed by atoms with Crippen LogP contribution < -0.4 is 0 Å². The van der Waals surface area contributed by atoms with Gasteiger partial charge in [0, 0.05) is 115 Å². The molecular weight excluding hydrogens is 420 g/mol. The maximum atomic E-state index is 0. The van der Waals surface area contributed by atoms with Gasteiger partial charge in [0.05, 0.1) is 0 Å². The molecule has 0 rings (SSSR count). The zero-order valence-electron chi connectivity index (χ0n) is 2.74. The summed E-state index contributed by atoms with van der Waals surface area (Å²) in [6.45, 7) is 0. The van der Waals surface area contributed by atoms with Gasteiger partial charge in [-0.15, -0.1) is 0 Å². The summed E-state index contributed by atoms with van der Waals surface area (Å²) in [5.41, 5.74) is 0. The van der Waals surface area contributed by atoms with Gasteiger partial charge in [0.25, 0.3) is 0 Å². The second-order valence-corrected chi connectivity index (χ2v) is 0. The third-order valence-electron chi connectivity index (χ3n) is 0. The van der Waals surface area contributed by atoms with E-state index < -0.39 is 0 Å². The topological polar surface area (TPSA) is 0 Å². The summed E-state index contributed by atoms with van der Waals surface area (Å²) in [6, 6.07) is 0. The molecule has 0 atom stereocenters. The molecule has 0 aliphatic carbocycles. The molecule has 0 aliphatic heterocycles. The molecular formula is H4BCrCuFeMnMoNiSi. The van der Waals surface area contributed by atoms with Gasteiger partial charge in [-0.05, 0) is 11.0 Å². The third kappa shape index (κ3) is 55.3. The molecule has 0 fully saturated rings. The Hall–Kier alpha value is 3.55. The molecule has 5 radical (unpaired) electrons. The molecule has 0 saturated heterocycles. The van der Waals surface area contributed by atoms with Gasteiger partial charge in [-0.2, -0.15) is 0 Å². The number of hydrogen-bond acceptors (Lipinski definition) is 0. The summed E-state index contributed by atoms with van der Waals surface area (Å²) in [5, 5.41) is 0. The van der Waals surface area contributed by atoms with Crippen molar-refractivity contribution in [2.75, 3.05) is 0 Å². The number of rotatable bonds is 0. The van der Waals surface area contributed by atoms with Crippen molar-refractivity contribution in [3.63, 3.8) is 0 Å². The van der Waals surface area contributed by atoms with Crippen molar-refractivity contribution in [3.05, 3.63) is 0 Å². The van der Waals surface area contributed by atoms with E-state index in [2.05, 4.69) is 0 Å². The van der Waals surface area contributed by atoms with E-state index >= 15 is 0 Å². The van der Waals surface area contributed by atoms with Gasteiger partial charge in [-0.1, -0.05) is 0 Å². The van der Waals surface area contributed by atoms with Crippen LogP contribution in [-0.4, -0.2) is 19.4 Å². The van der Waals surface area contributed by atoms with Crippen molar-refractivity contribution in [1.82, 2.24) is 0 Å². The van der Waals surface area contributed by atoms with E-state index in [4.69, 9.17) is 0 Å². The standard InChI is InChI=1S/B.Cr.Cu.Fe.Mn.Mo.Ni.H4Si/h;;;;;;;1H4. The predicted octanol–water partition coefficient (Wildman–Crippen LogP) is -1.85. The molecule has 0 heterocycles. The molecule has 0 N–H and O–H groups in total. The minimum Gasteiger partial charge on any atom is -0.0149 e. The van der Waals surface area contributed by atoms with Crippen LogP contribution in [-0.2, 0) is 106 Å². The van der Waals surface area contributed by atoms with Crippen molar-refractivity contribution in [2.24, 2.45) is 0 Å². The van der Waals surface area contributed by atoms with E-state index in [1.54, 1.807) is 0 Å². The monoisotopic (exact) mass is 425 g/mol. The fourth-order valence-corrected chi connectivity index (χ4v) is 0. The Morgan fingerprint density at radius 1 is 1.00 bits per heavy atom. The SMILES string of the molecule is [B].[Cr].[Cu].[Fe].[Mn].[Mo].[Ni].[SiH4]. The molecule has 0 aromatic heterocycles. The fraction of sp³-hybridized carbons (Fsp3) is 0. The van der Waals surface area contributed by atoms with Gasteiger partial charge in [0.1, 0.15) is 0 Å². The van der Waals surface area contributed by atoms with Crippen LogP contribution in [0.15, 0.2) is 0 Å². The zero-order chi connectivity index (χ0) is 0. The average molecular weight is 424 g/mol. The quantitative estimate of drug-likeness (QED) is 0.401. The smallest absolute Gasteiger partial charge is 0 e. The van der Waals surface area contributed by atoms with E-state index in [0.29, 0.717) is 0 Å². The van der Waals surface area contributed by atoms with Crippen LogP contribution >= 0.6 is 0 Å². The second kappa shape index (κ2) is 76.3. The molecule has 0 aliphatic rings. The molecule has 8 heavy (non-hydrogen) atoms. The van der Waals surface area contributed by atoms with Crippen molar-refractivity contribution in [2.45, 2.75) is 0 Å². The van der Waals surface area contributed by atoms with Crippen LogP contribution in [0.25, 0.3) is 0 Å². The second-order valence-electron chi connectivity index (χ2n) is 0. The maximum absolute atomic E-state index is 0. The summed E-state index contributed by atoms with van der Waals surface area (Å²) < 4.78 is 0. The molecule has 0 unspecified atom stereocenters. The summed E-state index contributed by atoms with van der Waals surface area (Å²) >= 11 is 0. The fourth-order valence-electron chi connectivity index (χ4n) is 0. The van der Waals surface area contributed by atoms with Crippen molar-refractivity contribution in [3.8, 4) is 0 Å². The minimum absolute atomic E-state index is 0. The Morgan fingerprint density at radius 2 is 1.00 bits per heavy atom. The van der Waals surface area contributed by atoms with Gasteiger partial charge < -0.3 is 0 Å². The molecule has 0 nitrogen and oxygen atoms in total. The predicted molar refractivity (Wildman–Crippen MR) is 17.1 cm³/mol. The minimum atomic E-state index is 0. The maximum Gasteiger partial charge on any atom is 0 e. The van der Waals surface area contributed by atoms with E-state index in [1.165, 1.54) is 0 Å². The van der Waals surface area contributed by atoms with Crippen molar-refractivity contribution in [1.29, 1.82) is 0 Å². The Morgan fingerprint density at radius 3 is 1.00 bits per heavy atom. The molecule has 0 bridgehead atoms. The van der Waals surface area contributed by atoms with E-state index in [0.717, 1.165) is 0 Å². The molecule has 0 spiro atoms. The zero-order valence-corrected chi connectivity index (χ0v) is 10.2. The summed E-state index contributed by atoms with van der Waals surface area (Å²) in [4.78, 5) is 0. The number of hydrogen-bond donors (Lipinski definition) is 0. The summed E-state index contributed by atoms with van der Waals surface area (Å²) in [7, 11) is 0. The first-order chi connectivity index (χ1) is 0. The van der Waals surface area contributed by atoms with E-state index in [9.17, 15) is 0 Å². The Bertz CT molecular complexity index is 24.0. The van der Waals surface area contributed by atoms with Gasteiger partial charge in [0.15, 0.2) is 0 Å². The molecule has 8 heteroatoms. The largest absolute Gasteiger partial charge is 0.0149 e. The Labute approximate surface area is 124 Å². The molecule has 0 aromatic rings. The van der Waals surface area contributed by atoms with E-state index in [-0.39, 0.29) is 126 Å².